The second-order valence-corrected chi connectivity index (χ2v) is 5.51. The number of aromatic nitrogens is 2. The molecule has 0 aliphatic carbocycles. The molecule has 0 saturated heterocycles. The first-order valence-corrected chi connectivity index (χ1v) is 7.57. The molecule has 0 bridgehead atoms. The van der Waals surface area contributed by atoms with Gasteiger partial charge in [-0.05, 0) is 26.1 Å². The highest BCUT2D eigenvalue weighted by atomic mass is 16.5. The Morgan fingerprint density at radius 2 is 2.00 bits per heavy atom. The van der Waals surface area contributed by atoms with Crippen molar-refractivity contribution in [3.05, 3.63) is 47.7 Å². The van der Waals surface area contributed by atoms with Crippen LogP contribution in [-0.4, -0.2) is 55.0 Å². The van der Waals surface area contributed by atoms with Crippen LogP contribution in [0.3, 0.4) is 0 Å². The molecule has 2 rings (SSSR count). The Balaban J connectivity index is 2.08. The molecule has 0 radical (unpaired) electrons. The van der Waals surface area contributed by atoms with Crippen LogP contribution in [0.25, 0.3) is 0 Å². The average Bonchev–Trinajstić information content (AvgIpc) is 2.94. The van der Waals surface area contributed by atoms with Crippen molar-refractivity contribution >= 4 is 5.97 Å². The van der Waals surface area contributed by atoms with E-state index in [2.05, 4.69) is 10.00 Å². The molecule has 0 amide bonds. The zero-order chi connectivity index (χ0) is 16.7. The molecule has 0 aliphatic heterocycles. The van der Waals surface area contributed by atoms with E-state index in [1.54, 1.807) is 10.7 Å². The Morgan fingerprint density at radius 3 is 2.65 bits per heavy atom. The molecule has 2 aromatic rings. The van der Waals surface area contributed by atoms with Crippen molar-refractivity contribution in [2.24, 2.45) is 0 Å². The van der Waals surface area contributed by atoms with Gasteiger partial charge >= 0.3 is 5.97 Å². The lowest BCUT2D eigenvalue weighted by atomic mass is 10.2. The van der Waals surface area contributed by atoms with Gasteiger partial charge in [0.05, 0.1) is 20.3 Å². The number of esters is 1. The standard InChI is InChI=1S/C17H23N3O3/c1-19(2)10-7-11-23-16-12-15(17(21)22-3)20(18-16)13-14-8-5-4-6-9-14/h4-6,8-9,12H,7,10-11,13H2,1-3H3. The molecule has 0 spiro atoms. The minimum Gasteiger partial charge on any atom is -0.477 e. The number of hydrogen-bond acceptors (Lipinski definition) is 5. The molecule has 23 heavy (non-hydrogen) atoms. The van der Waals surface area contributed by atoms with Crippen molar-refractivity contribution in [3.63, 3.8) is 0 Å². The van der Waals surface area contributed by atoms with Gasteiger partial charge in [-0.1, -0.05) is 30.3 Å². The van der Waals surface area contributed by atoms with Crippen LogP contribution in [0.5, 0.6) is 5.88 Å². The zero-order valence-corrected chi connectivity index (χ0v) is 13.9. The number of hydrogen-bond donors (Lipinski definition) is 0. The van der Waals surface area contributed by atoms with Crippen LogP contribution in [0.2, 0.25) is 0 Å². The van der Waals surface area contributed by atoms with E-state index in [-0.39, 0.29) is 0 Å². The normalized spacial score (nSPS) is 10.8. The van der Waals surface area contributed by atoms with Crippen molar-refractivity contribution in [3.8, 4) is 5.88 Å². The first-order chi connectivity index (χ1) is 11.1. The number of rotatable bonds is 8. The summed E-state index contributed by atoms with van der Waals surface area (Å²) >= 11 is 0. The molecule has 124 valence electrons. The van der Waals surface area contributed by atoms with Gasteiger partial charge in [0.1, 0.15) is 0 Å². The van der Waals surface area contributed by atoms with Crippen molar-refractivity contribution in [1.82, 2.24) is 14.7 Å². The van der Waals surface area contributed by atoms with Crippen LogP contribution in [0.4, 0.5) is 0 Å². The van der Waals surface area contributed by atoms with Crippen molar-refractivity contribution < 1.29 is 14.3 Å². The average molecular weight is 317 g/mol. The lowest BCUT2D eigenvalue weighted by Gasteiger charge is -2.08. The zero-order valence-electron chi connectivity index (χ0n) is 13.9. The van der Waals surface area contributed by atoms with E-state index in [9.17, 15) is 4.79 Å². The number of benzene rings is 1. The fraction of sp³-hybridized carbons (Fsp3) is 0.412. The number of methoxy groups -OCH3 is 1. The fourth-order valence-electron chi connectivity index (χ4n) is 2.17. The molecule has 1 aromatic carbocycles. The third-order valence-corrected chi connectivity index (χ3v) is 3.33. The van der Waals surface area contributed by atoms with E-state index < -0.39 is 5.97 Å². The predicted molar refractivity (Wildman–Crippen MR) is 87.8 cm³/mol. The van der Waals surface area contributed by atoms with Gasteiger partial charge in [0.2, 0.25) is 5.88 Å². The highest BCUT2D eigenvalue weighted by Crippen LogP contribution is 2.15. The molecule has 6 heteroatoms. The number of nitrogens with zero attached hydrogens (tertiary/aromatic N) is 3. The van der Waals surface area contributed by atoms with E-state index in [1.165, 1.54) is 7.11 Å². The van der Waals surface area contributed by atoms with E-state index in [1.807, 2.05) is 44.4 Å². The molecular weight excluding hydrogens is 294 g/mol. The van der Waals surface area contributed by atoms with Gasteiger partial charge in [0.15, 0.2) is 5.69 Å². The number of carbonyl (C=O) groups excluding carboxylic acids is 1. The number of ether oxygens (including phenoxy) is 2. The summed E-state index contributed by atoms with van der Waals surface area (Å²) in [7, 11) is 5.40. The summed E-state index contributed by atoms with van der Waals surface area (Å²) in [5.41, 5.74) is 1.44. The molecule has 0 saturated carbocycles. The summed E-state index contributed by atoms with van der Waals surface area (Å²) in [4.78, 5) is 14.0. The van der Waals surface area contributed by atoms with Crippen LogP contribution in [-0.2, 0) is 11.3 Å². The topological polar surface area (TPSA) is 56.6 Å². The van der Waals surface area contributed by atoms with Crippen LogP contribution in [0.1, 0.15) is 22.5 Å². The molecule has 1 heterocycles. The summed E-state index contributed by atoms with van der Waals surface area (Å²) in [6.07, 6.45) is 0.895. The molecule has 1 aromatic heterocycles. The summed E-state index contributed by atoms with van der Waals surface area (Å²) in [5.74, 6) is 0.0247. The summed E-state index contributed by atoms with van der Waals surface area (Å²) < 4.78 is 12.1. The van der Waals surface area contributed by atoms with E-state index in [0.29, 0.717) is 24.7 Å². The lowest BCUT2D eigenvalue weighted by Crippen LogP contribution is -2.15. The molecule has 6 nitrogen and oxygen atoms in total. The molecule has 0 aliphatic rings. The Bertz CT molecular complexity index is 623. The maximum Gasteiger partial charge on any atom is 0.356 e. The van der Waals surface area contributed by atoms with Crippen molar-refractivity contribution in [2.45, 2.75) is 13.0 Å². The van der Waals surface area contributed by atoms with Gasteiger partial charge in [-0.15, -0.1) is 5.10 Å². The Hall–Kier alpha value is -2.34. The van der Waals surface area contributed by atoms with Crippen LogP contribution in [0.15, 0.2) is 36.4 Å². The smallest absolute Gasteiger partial charge is 0.356 e. The minimum atomic E-state index is -0.420. The Morgan fingerprint density at radius 1 is 1.26 bits per heavy atom. The van der Waals surface area contributed by atoms with Gasteiger partial charge in [-0.3, -0.25) is 0 Å². The second-order valence-electron chi connectivity index (χ2n) is 5.51. The highest BCUT2D eigenvalue weighted by molar-refractivity contribution is 5.87. The molecular formula is C17H23N3O3. The highest BCUT2D eigenvalue weighted by Gasteiger charge is 2.17. The summed E-state index contributed by atoms with van der Waals surface area (Å²) in [6, 6.07) is 11.5. The van der Waals surface area contributed by atoms with Gasteiger partial charge < -0.3 is 14.4 Å². The molecule has 0 N–H and O–H groups in total. The first-order valence-electron chi connectivity index (χ1n) is 7.57. The number of carbonyl (C=O) groups is 1. The third kappa shape index (κ3) is 5.10. The second kappa shape index (κ2) is 8.33. The minimum absolute atomic E-state index is 0.388. The molecule has 0 atom stereocenters. The summed E-state index contributed by atoms with van der Waals surface area (Å²) in [5, 5.41) is 4.37. The lowest BCUT2D eigenvalue weighted by molar-refractivity contribution is 0.0587. The predicted octanol–water partition coefficient (Wildman–Crippen LogP) is 2.05. The molecule has 0 unspecified atom stereocenters. The van der Waals surface area contributed by atoms with Gasteiger partial charge in [-0.25, -0.2) is 9.48 Å². The van der Waals surface area contributed by atoms with E-state index in [0.717, 1.165) is 18.5 Å². The maximum absolute atomic E-state index is 11.9. The van der Waals surface area contributed by atoms with Gasteiger partial charge in [0, 0.05) is 12.6 Å². The molecule has 0 fully saturated rings. The SMILES string of the molecule is COC(=O)c1cc(OCCCN(C)C)nn1Cc1ccccc1. The maximum atomic E-state index is 11.9. The van der Waals surface area contributed by atoms with Crippen LogP contribution >= 0.6 is 0 Å². The monoisotopic (exact) mass is 317 g/mol. The summed E-state index contributed by atoms with van der Waals surface area (Å²) in [6.45, 7) is 1.99. The quantitative estimate of drug-likeness (QED) is 0.551. The first kappa shape index (κ1) is 17.0. The van der Waals surface area contributed by atoms with Gasteiger partial charge in [0.25, 0.3) is 0 Å². The van der Waals surface area contributed by atoms with E-state index in [4.69, 9.17) is 9.47 Å². The fourth-order valence-corrected chi connectivity index (χ4v) is 2.17. The largest absolute Gasteiger partial charge is 0.477 e. The van der Waals surface area contributed by atoms with Crippen molar-refractivity contribution in [1.29, 1.82) is 0 Å². The Kier molecular flexibility index (Phi) is 6.17. The van der Waals surface area contributed by atoms with Crippen LogP contribution in [0, 0.1) is 0 Å². The van der Waals surface area contributed by atoms with Gasteiger partial charge in [-0.2, -0.15) is 0 Å². The Labute approximate surface area is 136 Å². The van der Waals surface area contributed by atoms with Crippen molar-refractivity contribution in [2.75, 3.05) is 34.4 Å². The third-order valence-electron chi connectivity index (χ3n) is 3.33. The van der Waals surface area contributed by atoms with E-state index >= 15 is 0 Å². The van der Waals surface area contributed by atoms with Crippen LogP contribution < -0.4 is 4.74 Å².